The van der Waals surface area contributed by atoms with Gasteiger partial charge in [0.25, 0.3) is 5.91 Å². The predicted molar refractivity (Wildman–Crippen MR) is 160 cm³/mol. The monoisotopic (exact) mass is 662 g/mol. The van der Waals surface area contributed by atoms with Crippen LogP contribution in [-0.4, -0.2) is 92.7 Å². The van der Waals surface area contributed by atoms with E-state index in [-0.39, 0.29) is 40.5 Å². The summed E-state index contributed by atoms with van der Waals surface area (Å²) in [7, 11) is 1.36. The lowest BCUT2D eigenvalue weighted by molar-refractivity contribution is -0.265. The van der Waals surface area contributed by atoms with E-state index in [1.807, 2.05) is 0 Å². The van der Waals surface area contributed by atoms with E-state index >= 15 is 0 Å². The van der Waals surface area contributed by atoms with E-state index < -0.39 is 47.1 Å². The highest BCUT2D eigenvalue weighted by molar-refractivity contribution is 5.95. The number of hydrogen-bond donors (Lipinski definition) is 3. The van der Waals surface area contributed by atoms with Crippen LogP contribution in [0.15, 0.2) is 48.5 Å². The Morgan fingerprint density at radius 3 is 2.45 bits per heavy atom. The lowest BCUT2D eigenvalue weighted by Gasteiger charge is -2.31. The van der Waals surface area contributed by atoms with Crippen LogP contribution in [0.4, 0.5) is 17.6 Å². The number of halogens is 4. The van der Waals surface area contributed by atoms with E-state index in [0.717, 1.165) is 31.3 Å². The summed E-state index contributed by atoms with van der Waals surface area (Å²) < 4.78 is 79.9. The number of ether oxygens (including phenoxy) is 4. The fourth-order valence-corrected chi connectivity index (χ4v) is 5.29. The quantitative estimate of drug-likeness (QED) is 0.264. The molecular weight excluding hydrogens is 628 g/mol. The number of pyridine rings is 1. The number of methoxy groups -OCH3 is 1. The molecule has 11 nitrogen and oxygen atoms in total. The molecule has 1 fully saturated rings. The van der Waals surface area contributed by atoms with Gasteiger partial charge in [-0.1, -0.05) is 0 Å². The lowest BCUT2D eigenvalue weighted by Crippen LogP contribution is -2.51. The number of aromatic nitrogens is 1. The minimum absolute atomic E-state index is 0.0328. The van der Waals surface area contributed by atoms with Crippen LogP contribution < -0.4 is 25.3 Å². The zero-order chi connectivity index (χ0) is 34.0. The third kappa shape index (κ3) is 6.82. The summed E-state index contributed by atoms with van der Waals surface area (Å²) in [4.78, 5) is 31.8. The van der Waals surface area contributed by atoms with Crippen LogP contribution in [0.25, 0.3) is 11.3 Å². The first-order valence-corrected chi connectivity index (χ1v) is 14.7. The van der Waals surface area contributed by atoms with Gasteiger partial charge in [-0.3, -0.25) is 14.5 Å². The van der Waals surface area contributed by atoms with Gasteiger partial charge in [-0.05, 0) is 55.5 Å². The smallest absolute Gasteiger partial charge is 0.424 e. The number of morpholine rings is 1. The molecule has 0 bridgehead atoms. The number of amides is 2. The number of alkyl halides is 3. The molecule has 2 amide bonds. The van der Waals surface area contributed by atoms with Crippen molar-refractivity contribution in [3.05, 3.63) is 71.2 Å². The summed E-state index contributed by atoms with van der Waals surface area (Å²) in [5.74, 6) is -1.96. The van der Waals surface area contributed by atoms with Gasteiger partial charge in [-0.25, -0.2) is 9.37 Å². The molecule has 0 spiro atoms. The van der Waals surface area contributed by atoms with Crippen molar-refractivity contribution in [3.63, 3.8) is 0 Å². The van der Waals surface area contributed by atoms with Gasteiger partial charge < -0.3 is 35.1 Å². The Kier molecular flexibility index (Phi) is 9.61. The van der Waals surface area contributed by atoms with Crippen LogP contribution in [0.5, 0.6) is 17.2 Å². The first kappa shape index (κ1) is 33.9. The van der Waals surface area contributed by atoms with Crippen molar-refractivity contribution >= 4 is 11.8 Å². The maximum absolute atomic E-state index is 14.7. The Bertz CT molecular complexity index is 1630. The second-order valence-electron chi connectivity index (χ2n) is 11.4. The molecule has 5 rings (SSSR count). The second kappa shape index (κ2) is 13.3. The number of primary amides is 1. The third-order valence-electron chi connectivity index (χ3n) is 8.33. The van der Waals surface area contributed by atoms with Crippen molar-refractivity contribution in [1.29, 1.82) is 0 Å². The van der Waals surface area contributed by atoms with E-state index in [2.05, 4.69) is 15.2 Å². The number of nitrogens with one attached hydrogen (secondary N) is 1. The highest BCUT2D eigenvalue weighted by atomic mass is 19.4. The number of fused-ring (bicyclic) bond motifs is 1. The zero-order valence-electron chi connectivity index (χ0n) is 25.7. The molecule has 2 aliphatic rings. The molecule has 47 heavy (non-hydrogen) atoms. The Morgan fingerprint density at radius 1 is 1.11 bits per heavy atom. The maximum Gasteiger partial charge on any atom is 0.424 e. The van der Waals surface area contributed by atoms with Gasteiger partial charge in [0.1, 0.15) is 35.9 Å². The average Bonchev–Trinajstić information content (AvgIpc) is 3.41. The fourth-order valence-electron chi connectivity index (χ4n) is 5.29. The van der Waals surface area contributed by atoms with Crippen LogP contribution in [0, 0.1) is 5.82 Å². The number of benzene rings is 2. The summed E-state index contributed by atoms with van der Waals surface area (Å²) in [6, 6.07) is 9.70. The molecule has 3 aromatic rings. The molecule has 1 unspecified atom stereocenters. The average molecular weight is 663 g/mol. The van der Waals surface area contributed by atoms with Crippen molar-refractivity contribution in [2.75, 3.05) is 59.7 Å². The van der Waals surface area contributed by atoms with Crippen molar-refractivity contribution < 1.29 is 51.2 Å². The molecule has 2 aromatic carbocycles. The van der Waals surface area contributed by atoms with Crippen molar-refractivity contribution in [2.45, 2.75) is 24.1 Å². The number of aliphatic hydroxyl groups is 1. The van der Waals surface area contributed by atoms with Crippen LogP contribution in [0.1, 0.15) is 28.5 Å². The number of hydrogen-bond acceptors (Lipinski definition) is 9. The van der Waals surface area contributed by atoms with E-state index in [4.69, 9.17) is 24.7 Å². The second-order valence-corrected chi connectivity index (χ2v) is 11.4. The molecule has 1 saturated heterocycles. The van der Waals surface area contributed by atoms with Crippen LogP contribution in [-0.2, 0) is 20.5 Å². The summed E-state index contributed by atoms with van der Waals surface area (Å²) in [6.45, 7) is 3.52. The number of rotatable bonds is 11. The lowest BCUT2D eigenvalue weighted by atomic mass is 9.81. The molecule has 2 aliphatic heterocycles. The van der Waals surface area contributed by atoms with Crippen molar-refractivity contribution in [3.8, 4) is 28.5 Å². The topological polar surface area (TPSA) is 145 Å². The Morgan fingerprint density at radius 2 is 1.81 bits per heavy atom. The van der Waals surface area contributed by atoms with Crippen molar-refractivity contribution in [2.24, 2.45) is 5.73 Å². The minimum Gasteiger partial charge on any atom is -0.493 e. The van der Waals surface area contributed by atoms with Crippen LogP contribution in [0.2, 0.25) is 0 Å². The summed E-state index contributed by atoms with van der Waals surface area (Å²) in [5.41, 5.74) is -0.752. The normalized spacial score (nSPS) is 19.3. The molecule has 252 valence electrons. The minimum atomic E-state index is -5.36. The molecular formula is C32H34F4N4O7. The van der Waals surface area contributed by atoms with Gasteiger partial charge in [-0.2, -0.15) is 13.2 Å². The molecule has 0 aliphatic carbocycles. The van der Waals surface area contributed by atoms with Gasteiger partial charge >= 0.3 is 6.18 Å². The highest BCUT2D eigenvalue weighted by Gasteiger charge is 2.57. The molecule has 15 heteroatoms. The molecule has 2 atom stereocenters. The highest BCUT2D eigenvalue weighted by Crippen LogP contribution is 2.47. The number of nitrogens with zero attached hydrogens (tertiary/aromatic N) is 2. The third-order valence-corrected chi connectivity index (χ3v) is 8.33. The van der Waals surface area contributed by atoms with Crippen LogP contribution in [0.3, 0.4) is 0 Å². The molecule has 0 saturated carbocycles. The number of carbonyl (C=O) groups excluding carboxylic acids is 2. The van der Waals surface area contributed by atoms with Crippen LogP contribution >= 0.6 is 0 Å². The van der Waals surface area contributed by atoms with Gasteiger partial charge in [0.2, 0.25) is 11.5 Å². The largest absolute Gasteiger partial charge is 0.493 e. The van der Waals surface area contributed by atoms with Gasteiger partial charge in [0, 0.05) is 36.3 Å². The summed E-state index contributed by atoms with van der Waals surface area (Å²) >= 11 is 0. The number of nitrogens with two attached hydrogens (primary N) is 1. The van der Waals surface area contributed by atoms with Crippen molar-refractivity contribution in [1.82, 2.24) is 15.2 Å². The Labute approximate surface area is 267 Å². The molecule has 3 heterocycles. The van der Waals surface area contributed by atoms with E-state index in [0.29, 0.717) is 32.1 Å². The zero-order valence-corrected chi connectivity index (χ0v) is 25.7. The summed E-state index contributed by atoms with van der Waals surface area (Å²) in [5, 5.41) is 13.4. The first-order chi connectivity index (χ1) is 22.3. The standard InChI is InChI=1S/C32H34F4N4O7/c1-30(29(37)42)18-47-27-22(30)16-25(39-26(27)19-3-6-21(33)7-4-19)31(43,32(34,35)36)17-38-28(41)20-5-8-23(24(15-20)44-2)46-14-11-40-9-12-45-13-10-40/h3-8,15-16,43H,9-14,17-18H2,1-2H3,(H2,37,42)(H,38,41)/t30-,31?/m0/s1. The Hall–Kier alpha value is -4.47. The predicted octanol–water partition coefficient (Wildman–Crippen LogP) is 2.92. The number of carbonyl (C=O) groups is 2. The van der Waals surface area contributed by atoms with E-state index in [9.17, 15) is 32.3 Å². The first-order valence-electron chi connectivity index (χ1n) is 14.7. The molecule has 4 N–H and O–H groups in total. The Balaban J connectivity index is 1.41. The summed E-state index contributed by atoms with van der Waals surface area (Å²) in [6.07, 6.45) is -5.36. The van der Waals surface area contributed by atoms with E-state index in [1.54, 1.807) is 0 Å². The van der Waals surface area contributed by atoms with Gasteiger partial charge in [-0.15, -0.1) is 0 Å². The maximum atomic E-state index is 14.7. The van der Waals surface area contributed by atoms with E-state index in [1.165, 1.54) is 44.4 Å². The molecule has 1 aromatic heterocycles. The SMILES string of the molecule is COc1cc(C(=O)NCC(O)(c2cc3c(c(-c4ccc(F)cc4)n2)OC[C@]3(C)C(N)=O)C(F)(F)F)ccc1OCCN1CCOCC1. The van der Waals surface area contributed by atoms with Gasteiger partial charge in [0.15, 0.2) is 11.5 Å². The fraction of sp³-hybridized carbons (Fsp3) is 0.406. The molecule has 0 radical (unpaired) electrons. The van der Waals surface area contributed by atoms with Gasteiger partial charge in [0.05, 0.1) is 32.6 Å².